The number of benzene rings is 1. The normalized spacial score (nSPS) is 17.1. The molecule has 0 aliphatic heterocycles. The third-order valence-corrected chi connectivity index (χ3v) is 3.28. The van der Waals surface area contributed by atoms with Crippen molar-refractivity contribution in [1.29, 1.82) is 0 Å². The highest BCUT2D eigenvalue weighted by molar-refractivity contribution is 5.97. The summed E-state index contributed by atoms with van der Waals surface area (Å²) in [5.74, 6) is -0.0110. The summed E-state index contributed by atoms with van der Waals surface area (Å²) in [6.45, 7) is 0.833. The van der Waals surface area contributed by atoms with E-state index in [1.165, 1.54) is 18.4 Å². The molecule has 0 spiro atoms. The number of ketones is 1. The molecule has 0 atom stereocenters. The molecule has 2 N–H and O–H groups in total. The number of ether oxygens (including phenoxy) is 1. The average Bonchev–Trinajstić information content (AvgIpc) is 3.10. The van der Waals surface area contributed by atoms with Gasteiger partial charge in [-0.1, -0.05) is 24.3 Å². The van der Waals surface area contributed by atoms with E-state index in [-0.39, 0.29) is 17.7 Å². The average molecular weight is 219 g/mol. The van der Waals surface area contributed by atoms with E-state index in [1.807, 2.05) is 24.3 Å². The lowest BCUT2D eigenvalue weighted by Gasteiger charge is -2.14. The predicted octanol–water partition coefficient (Wildman–Crippen LogP) is 1.51. The van der Waals surface area contributed by atoms with Crippen molar-refractivity contribution in [3.05, 3.63) is 35.4 Å². The highest BCUT2D eigenvalue weighted by Crippen LogP contribution is 2.48. The Labute approximate surface area is 95.6 Å². The first kappa shape index (κ1) is 11.3. The molecule has 2 rings (SSSR count). The van der Waals surface area contributed by atoms with Crippen molar-refractivity contribution in [2.24, 2.45) is 5.73 Å². The lowest BCUT2D eigenvalue weighted by atomic mass is 9.95. The minimum Gasteiger partial charge on any atom is -0.384 e. The van der Waals surface area contributed by atoms with Crippen LogP contribution < -0.4 is 5.73 Å². The third-order valence-electron chi connectivity index (χ3n) is 3.28. The van der Waals surface area contributed by atoms with Gasteiger partial charge in [-0.05, 0) is 18.4 Å². The Bertz CT molecular complexity index is 379. The molecule has 0 heterocycles. The second-order valence-electron chi connectivity index (χ2n) is 4.42. The number of rotatable bonds is 5. The predicted molar refractivity (Wildman–Crippen MR) is 62.6 cm³/mol. The molecule has 0 amide bonds. The van der Waals surface area contributed by atoms with Gasteiger partial charge >= 0.3 is 0 Å². The molecule has 3 nitrogen and oxygen atoms in total. The van der Waals surface area contributed by atoms with Crippen molar-refractivity contribution >= 4 is 5.78 Å². The molecule has 1 aliphatic rings. The molecule has 1 saturated carbocycles. The maximum absolute atomic E-state index is 11.4. The first-order chi connectivity index (χ1) is 7.72. The molecule has 3 heteroatoms. The molecule has 0 unspecified atom stereocenters. The second-order valence-corrected chi connectivity index (χ2v) is 4.42. The van der Waals surface area contributed by atoms with Crippen LogP contribution in [0, 0.1) is 0 Å². The number of nitrogens with two attached hydrogens (primary N) is 1. The molecule has 1 aromatic rings. The molecule has 1 fully saturated rings. The van der Waals surface area contributed by atoms with Crippen LogP contribution in [0.4, 0.5) is 0 Å². The summed E-state index contributed by atoms with van der Waals surface area (Å²) in [4.78, 5) is 11.4. The summed E-state index contributed by atoms with van der Waals surface area (Å²) in [6.07, 6.45) is 2.34. The molecular formula is C13H17NO2. The van der Waals surface area contributed by atoms with Gasteiger partial charge in [0, 0.05) is 18.1 Å². The van der Waals surface area contributed by atoms with E-state index in [4.69, 9.17) is 10.5 Å². The summed E-state index contributed by atoms with van der Waals surface area (Å²) in [7, 11) is 1.73. The minimum absolute atomic E-state index is 0.0110. The molecular weight excluding hydrogens is 202 g/mol. The van der Waals surface area contributed by atoms with E-state index in [9.17, 15) is 4.79 Å². The first-order valence-electron chi connectivity index (χ1n) is 5.54. The maximum Gasteiger partial charge on any atom is 0.176 e. The number of hydrogen-bond donors (Lipinski definition) is 1. The van der Waals surface area contributed by atoms with Gasteiger partial charge in [0.2, 0.25) is 0 Å². The second kappa shape index (κ2) is 4.36. The molecule has 16 heavy (non-hydrogen) atoms. The summed E-state index contributed by atoms with van der Waals surface area (Å²) in [5, 5.41) is 0. The fraction of sp³-hybridized carbons (Fsp3) is 0.462. The molecule has 1 aromatic carbocycles. The van der Waals surface area contributed by atoms with Gasteiger partial charge in [0.05, 0.1) is 13.2 Å². The SMILES string of the molecule is COCC1(c2ccc(C(=O)CN)cc2)CC1. The standard InChI is InChI=1S/C13H17NO2/c1-16-9-13(6-7-13)11-4-2-10(3-5-11)12(15)8-14/h2-5H,6-9,14H2,1H3. The molecule has 1 aliphatic carbocycles. The van der Waals surface area contributed by atoms with Crippen molar-refractivity contribution < 1.29 is 9.53 Å². The van der Waals surface area contributed by atoms with Crippen molar-refractivity contribution in [1.82, 2.24) is 0 Å². The topological polar surface area (TPSA) is 52.3 Å². The number of hydrogen-bond acceptors (Lipinski definition) is 3. The Balaban J connectivity index is 2.16. The Morgan fingerprint density at radius 1 is 1.38 bits per heavy atom. The highest BCUT2D eigenvalue weighted by atomic mass is 16.5. The zero-order valence-corrected chi connectivity index (χ0v) is 9.53. The lowest BCUT2D eigenvalue weighted by Crippen LogP contribution is -2.16. The zero-order chi connectivity index (χ0) is 11.6. The van der Waals surface area contributed by atoms with E-state index >= 15 is 0 Å². The van der Waals surface area contributed by atoms with Gasteiger partial charge < -0.3 is 10.5 Å². The summed E-state index contributed by atoms with van der Waals surface area (Å²) in [6, 6.07) is 7.77. The van der Waals surface area contributed by atoms with Gasteiger partial charge in [0.25, 0.3) is 0 Å². The van der Waals surface area contributed by atoms with Crippen molar-refractivity contribution in [2.75, 3.05) is 20.3 Å². The van der Waals surface area contributed by atoms with Crippen molar-refractivity contribution in [3.63, 3.8) is 0 Å². The van der Waals surface area contributed by atoms with E-state index < -0.39 is 0 Å². The van der Waals surface area contributed by atoms with Gasteiger partial charge in [0.1, 0.15) is 0 Å². The van der Waals surface area contributed by atoms with Gasteiger partial charge in [-0.15, -0.1) is 0 Å². The Morgan fingerprint density at radius 2 is 2.00 bits per heavy atom. The minimum atomic E-state index is -0.0110. The van der Waals surface area contributed by atoms with Gasteiger partial charge in [-0.2, -0.15) is 0 Å². The quantitative estimate of drug-likeness (QED) is 0.764. The fourth-order valence-corrected chi connectivity index (χ4v) is 2.07. The monoisotopic (exact) mass is 219 g/mol. The van der Waals surface area contributed by atoms with E-state index in [2.05, 4.69) is 0 Å². The van der Waals surface area contributed by atoms with Crippen LogP contribution >= 0.6 is 0 Å². The third kappa shape index (κ3) is 2.01. The van der Waals surface area contributed by atoms with Gasteiger partial charge in [0.15, 0.2) is 5.78 Å². The van der Waals surface area contributed by atoms with E-state index in [0.29, 0.717) is 5.56 Å². The number of methoxy groups -OCH3 is 1. The highest BCUT2D eigenvalue weighted by Gasteiger charge is 2.44. The van der Waals surface area contributed by atoms with Crippen LogP contribution in [0.5, 0.6) is 0 Å². The van der Waals surface area contributed by atoms with Crippen LogP contribution in [-0.4, -0.2) is 26.0 Å². The van der Waals surface area contributed by atoms with Crippen LogP contribution in [0.25, 0.3) is 0 Å². The summed E-state index contributed by atoms with van der Waals surface area (Å²) < 4.78 is 5.24. The van der Waals surface area contributed by atoms with Crippen molar-refractivity contribution in [2.45, 2.75) is 18.3 Å². The molecule has 0 bridgehead atoms. The summed E-state index contributed by atoms with van der Waals surface area (Å²) >= 11 is 0. The fourth-order valence-electron chi connectivity index (χ4n) is 2.07. The van der Waals surface area contributed by atoms with Gasteiger partial charge in [-0.25, -0.2) is 0 Å². The van der Waals surface area contributed by atoms with E-state index in [0.717, 1.165) is 6.61 Å². The van der Waals surface area contributed by atoms with E-state index in [1.54, 1.807) is 7.11 Å². The number of carbonyl (C=O) groups is 1. The van der Waals surface area contributed by atoms with Crippen LogP contribution in [0.15, 0.2) is 24.3 Å². The maximum atomic E-state index is 11.4. The lowest BCUT2D eigenvalue weighted by molar-refractivity contribution is 0.100. The molecule has 0 aromatic heterocycles. The first-order valence-corrected chi connectivity index (χ1v) is 5.54. The summed E-state index contributed by atoms with van der Waals surface area (Å²) in [5.41, 5.74) is 7.49. The Hall–Kier alpha value is -1.19. The number of Topliss-reactive ketones (excluding diaryl/α,β-unsaturated/α-hetero) is 1. The Morgan fingerprint density at radius 3 is 2.44 bits per heavy atom. The Kier molecular flexibility index (Phi) is 3.08. The molecule has 86 valence electrons. The van der Waals surface area contributed by atoms with Crippen LogP contribution in [0.1, 0.15) is 28.8 Å². The molecule has 0 radical (unpaired) electrons. The van der Waals surface area contributed by atoms with Crippen molar-refractivity contribution in [3.8, 4) is 0 Å². The van der Waals surface area contributed by atoms with Crippen LogP contribution in [-0.2, 0) is 10.2 Å². The van der Waals surface area contributed by atoms with Crippen LogP contribution in [0.2, 0.25) is 0 Å². The smallest absolute Gasteiger partial charge is 0.176 e. The number of carbonyl (C=O) groups excluding carboxylic acids is 1. The largest absolute Gasteiger partial charge is 0.384 e. The van der Waals surface area contributed by atoms with Gasteiger partial charge in [-0.3, -0.25) is 4.79 Å². The van der Waals surface area contributed by atoms with Crippen LogP contribution in [0.3, 0.4) is 0 Å². The molecule has 0 saturated heterocycles. The zero-order valence-electron chi connectivity index (χ0n) is 9.53.